The average Bonchev–Trinajstić information content (AvgIpc) is 3.35. The molecule has 4 aromatic rings. The van der Waals surface area contributed by atoms with Crippen LogP contribution in [0.2, 0.25) is 0 Å². The summed E-state index contributed by atoms with van der Waals surface area (Å²) in [6, 6.07) is 32.2. The molecule has 2 aliphatic rings. The van der Waals surface area contributed by atoms with Crippen LogP contribution in [0.5, 0.6) is 0 Å². The molecule has 2 fully saturated rings. The molecule has 0 spiro atoms. The van der Waals surface area contributed by atoms with Crippen molar-refractivity contribution in [2.45, 2.75) is 25.3 Å². The summed E-state index contributed by atoms with van der Waals surface area (Å²) >= 11 is 0. The number of rotatable bonds is 8. The van der Waals surface area contributed by atoms with Crippen LogP contribution in [0.15, 0.2) is 116 Å². The van der Waals surface area contributed by atoms with E-state index in [1.807, 2.05) is 89.8 Å². The number of hydrogen-bond acceptors (Lipinski definition) is 4. The van der Waals surface area contributed by atoms with Gasteiger partial charge in [-0.2, -0.15) is 5.01 Å². The molecule has 0 aromatic heterocycles. The fourth-order valence-electron chi connectivity index (χ4n) is 5.97. The molecule has 0 aliphatic carbocycles. The lowest BCUT2D eigenvalue weighted by molar-refractivity contribution is -0.158. The summed E-state index contributed by atoms with van der Waals surface area (Å²) in [5.74, 6) is -0.332. The van der Waals surface area contributed by atoms with Crippen LogP contribution in [0.25, 0.3) is 10.8 Å². The molecule has 4 aromatic carbocycles. The Hall–Kier alpha value is -4.95. The summed E-state index contributed by atoms with van der Waals surface area (Å²) in [6.07, 6.45) is 1.11. The normalized spacial score (nSPS) is 18.7. The molecule has 4 amide bonds. The molecule has 1 N–H and O–H groups in total. The second-order valence-corrected chi connectivity index (χ2v) is 10.6. The van der Waals surface area contributed by atoms with Crippen LogP contribution in [0.1, 0.15) is 22.7 Å². The van der Waals surface area contributed by atoms with Crippen molar-refractivity contribution in [3.8, 4) is 0 Å². The smallest absolute Gasteiger partial charge is 0.332 e. The second kappa shape index (κ2) is 11.9. The summed E-state index contributed by atoms with van der Waals surface area (Å²) < 4.78 is 0. The summed E-state index contributed by atoms with van der Waals surface area (Å²) in [4.78, 5) is 44.8. The number of hydrazine groups is 1. The van der Waals surface area contributed by atoms with E-state index in [9.17, 15) is 14.4 Å². The van der Waals surface area contributed by atoms with Gasteiger partial charge in [0.2, 0.25) is 5.91 Å². The molecule has 0 unspecified atom stereocenters. The van der Waals surface area contributed by atoms with E-state index >= 15 is 0 Å². The van der Waals surface area contributed by atoms with Crippen molar-refractivity contribution in [3.63, 3.8) is 0 Å². The number of benzene rings is 4. The molecule has 8 nitrogen and oxygen atoms in total. The first-order valence-electron chi connectivity index (χ1n) is 14.1. The quantitative estimate of drug-likeness (QED) is 0.318. The van der Waals surface area contributed by atoms with E-state index in [1.54, 1.807) is 16.0 Å². The summed E-state index contributed by atoms with van der Waals surface area (Å²) in [5.41, 5.74) is 2.74. The van der Waals surface area contributed by atoms with Gasteiger partial charge in [0.05, 0.1) is 19.6 Å². The topological polar surface area (TPSA) is 76.2 Å². The van der Waals surface area contributed by atoms with Crippen LogP contribution in [-0.4, -0.2) is 63.5 Å². The Morgan fingerprint density at radius 1 is 0.905 bits per heavy atom. The van der Waals surface area contributed by atoms with Crippen LogP contribution in [0.4, 0.5) is 4.79 Å². The summed E-state index contributed by atoms with van der Waals surface area (Å²) in [5, 5.41) is 8.48. The van der Waals surface area contributed by atoms with E-state index in [4.69, 9.17) is 0 Å². The van der Waals surface area contributed by atoms with Crippen molar-refractivity contribution < 1.29 is 14.4 Å². The van der Waals surface area contributed by atoms with Crippen molar-refractivity contribution in [1.82, 2.24) is 25.1 Å². The van der Waals surface area contributed by atoms with Crippen molar-refractivity contribution in [3.05, 3.63) is 132 Å². The molecule has 0 radical (unpaired) electrons. The van der Waals surface area contributed by atoms with Crippen molar-refractivity contribution in [2.75, 3.05) is 19.6 Å². The molecule has 6 rings (SSSR count). The van der Waals surface area contributed by atoms with E-state index in [1.165, 1.54) is 5.01 Å². The highest BCUT2D eigenvalue weighted by molar-refractivity contribution is 5.93. The largest absolute Gasteiger partial charge is 0.333 e. The number of fused-ring (bicyclic) bond motifs is 2. The Morgan fingerprint density at radius 3 is 2.36 bits per heavy atom. The third-order valence-corrected chi connectivity index (χ3v) is 7.95. The van der Waals surface area contributed by atoms with Crippen LogP contribution >= 0.6 is 0 Å². The standard InChI is InChI=1S/C34H33N5O3/c1-2-20-37(34(42)35-21-25-12-5-3-6-13-25)38-24-31(40)39-30(38)23-36(33(41)32(39)27-15-7-4-8-16-27)22-28-18-11-17-26-14-9-10-19-29(26)28/h2-19,30,32H,1,20-24H2,(H,35,42)/t30-,32+/m1/s1. The third-order valence-electron chi connectivity index (χ3n) is 7.95. The molecule has 212 valence electrons. The second-order valence-electron chi connectivity index (χ2n) is 10.6. The van der Waals surface area contributed by atoms with E-state index in [0.29, 0.717) is 13.1 Å². The zero-order valence-corrected chi connectivity index (χ0v) is 23.3. The average molecular weight is 560 g/mol. The Balaban J connectivity index is 1.33. The number of urea groups is 1. The number of nitrogens with one attached hydrogen (secondary N) is 1. The third kappa shape index (κ3) is 5.24. The minimum absolute atomic E-state index is 0.0179. The highest BCUT2D eigenvalue weighted by atomic mass is 16.2. The maximum absolute atomic E-state index is 14.2. The highest BCUT2D eigenvalue weighted by Gasteiger charge is 2.52. The van der Waals surface area contributed by atoms with Crippen molar-refractivity contribution in [2.24, 2.45) is 0 Å². The fraction of sp³-hybridized carbons (Fsp3) is 0.206. The minimum atomic E-state index is -0.796. The molecule has 0 bridgehead atoms. The zero-order valence-electron chi connectivity index (χ0n) is 23.3. The van der Waals surface area contributed by atoms with E-state index < -0.39 is 12.2 Å². The molecule has 2 heterocycles. The Bertz CT molecular complexity index is 1600. The van der Waals surface area contributed by atoms with Crippen molar-refractivity contribution >= 4 is 28.6 Å². The first-order valence-corrected chi connectivity index (χ1v) is 14.1. The van der Waals surface area contributed by atoms with Crippen LogP contribution < -0.4 is 5.32 Å². The minimum Gasteiger partial charge on any atom is -0.333 e. The number of nitrogens with zero attached hydrogens (tertiary/aromatic N) is 4. The number of amides is 4. The SMILES string of the molecule is C=CCN(C(=O)NCc1ccccc1)N1CC(=O)N2[C@@H](c3ccccc3)C(=O)N(Cc3cccc4ccccc34)C[C@@H]21. The first kappa shape index (κ1) is 27.2. The number of piperazine rings is 1. The maximum Gasteiger partial charge on any atom is 0.332 e. The Morgan fingerprint density at radius 2 is 1.60 bits per heavy atom. The molecular formula is C34H33N5O3. The number of hydrogen-bond donors (Lipinski definition) is 1. The lowest BCUT2D eigenvalue weighted by Gasteiger charge is -2.46. The molecular weight excluding hydrogens is 526 g/mol. The van der Waals surface area contributed by atoms with Crippen LogP contribution in [0.3, 0.4) is 0 Å². The predicted octanol–water partition coefficient (Wildman–Crippen LogP) is 4.71. The lowest BCUT2D eigenvalue weighted by Crippen LogP contribution is -2.62. The van der Waals surface area contributed by atoms with E-state index in [2.05, 4.69) is 30.1 Å². The number of carbonyl (C=O) groups is 3. The Kier molecular flexibility index (Phi) is 7.70. The zero-order chi connectivity index (χ0) is 29.1. The first-order chi connectivity index (χ1) is 20.5. The monoisotopic (exact) mass is 559 g/mol. The lowest BCUT2D eigenvalue weighted by atomic mass is 9.99. The summed E-state index contributed by atoms with van der Waals surface area (Å²) in [6.45, 7) is 5.05. The van der Waals surface area contributed by atoms with Gasteiger partial charge in [-0.3, -0.25) is 14.6 Å². The van der Waals surface area contributed by atoms with Gasteiger partial charge in [-0.25, -0.2) is 4.79 Å². The van der Waals surface area contributed by atoms with Gasteiger partial charge in [0.25, 0.3) is 5.91 Å². The predicted molar refractivity (Wildman–Crippen MR) is 161 cm³/mol. The van der Waals surface area contributed by atoms with Gasteiger partial charge in [0, 0.05) is 13.1 Å². The molecule has 42 heavy (non-hydrogen) atoms. The molecule has 8 heteroatoms. The van der Waals surface area contributed by atoms with Crippen LogP contribution in [-0.2, 0) is 22.7 Å². The van der Waals surface area contributed by atoms with Crippen molar-refractivity contribution in [1.29, 1.82) is 0 Å². The molecule has 0 saturated carbocycles. The summed E-state index contributed by atoms with van der Waals surface area (Å²) in [7, 11) is 0. The molecule has 2 aliphatic heterocycles. The van der Waals surface area contributed by atoms with Gasteiger partial charge < -0.3 is 15.1 Å². The fourth-order valence-corrected chi connectivity index (χ4v) is 5.97. The van der Waals surface area contributed by atoms with Gasteiger partial charge in [-0.05, 0) is 27.5 Å². The maximum atomic E-state index is 14.2. The van der Waals surface area contributed by atoms with Crippen LogP contribution in [0, 0.1) is 0 Å². The van der Waals surface area contributed by atoms with Gasteiger partial charge in [-0.15, -0.1) is 6.58 Å². The van der Waals surface area contributed by atoms with Gasteiger partial charge >= 0.3 is 6.03 Å². The number of carbonyl (C=O) groups excluding carboxylic acids is 3. The highest BCUT2D eigenvalue weighted by Crippen LogP contribution is 2.36. The van der Waals surface area contributed by atoms with E-state index in [-0.39, 0.29) is 37.5 Å². The van der Waals surface area contributed by atoms with Gasteiger partial charge in [-0.1, -0.05) is 109 Å². The van der Waals surface area contributed by atoms with E-state index in [0.717, 1.165) is 27.5 Å². The Labute approximate surface area is 245 Å². The van der Waals surface area contributed by atoms with Gasteiger partial charge in [0.15, 0.2) is 0 Å². The molecule has 2 saturated heterocycles. The molecule has 2 atom stereocenters. The van der Waals surface area contributed by atoms with Gasteiger partial charge in [0.1, 0.15) is 12.2 Å².